The highest BCUT2D eigenvalue weighted by Gasteiger charge is 2.50. The molecule has 5 heteroatoms. The van der Waals surface area contributed by atoms with Gasteiger partial charge in [-0.05, 0) is 81.6 Å². The molecule has 2 aliphatic carbocycles. The normalized spacial score (nSPS) is 14.1. The molecule has 2 aromatic heterocycles. The maximum atomic E-state index is 5.15. The Morgan fingerprint density at radius 1 is 0.508 bits per heavy atom. The SMILES string of the molecule is C1=Cc2ccc3c(c2CC1)c1ccc2c(c1n3-c1cccc(-c3nc(-c4ccccc4)nc(-c4ccccc4)n3)c1)Sc1ccccc1C21c2ccccc2-c2ccccc21. The van der Waals surface area contributed by atoms with Crippen LogP contribution in [0.2, 0.25) is 0 Å². The predicted molar refractivity (Wildman–Crippen MR) is 249 cm³/mol. The van der Waals surface area contributed by atoms with Crippen LogP contribution < -0.4 is 0 Å². The first-order chi connectivity index (χ1) is 30.3. The second-order valence-corrected chi connectivity index (χ2v) is 17.2. The molecule has 286 valence electrons. The number of aryl methyl sites for hydroxylation is 1. The number of allylic oxidation sites excluding steroid dienone is 1. The third-order valence-corrected chi connectivity index (χ3v) is 14.2. The molecule has 0 N–H and O–H groups in total. The number of hydrogen-bond acceptors (Lipinski definition) is 4. The van der Waals surface area contributed by atoms with Crippen molar-refractivity contribution in [1.29, 1.82) is 0 Å². The van der Waals surface area contributed by atoms with Gasteiger partial charge in [0.05, 0.1) is 16.4 Å². The molecule has 0 atom stereocenters. The molecule has 1 aliphatic heterocycles. The fourth-order valence-corrected chi connectivity index (χ4v) is 11.8. The number of benzene rings is 8. The molecule has 3 heterocycles. The van der Waals surface area contributed by atoms with Gasteiger partial charge in [-0.1, -0.05) is 182 Å². The minimum Gasteiger partial charge on any atom is -0.308 e. The Kier molecular flexibility index (Phi) is 7.55. The monoisotopic (exact) mass is 796 g/mol. The molecule has 0 saturated heterocycles. The van der Waals surface area contributed by atoms with Crippen molar-refractivity contribution in [2.75, 3.05) is 0 Å². The molecule has 0 amide bonds. The number of nitrogens with zero attached hydrogens (tertiary/aromatic N) is 4. The molecular weight excluding hydrogens is 761 g/mol. The zero-order valence-electron chi connectivity index (χ0n) is 33.1. The van der Waals surface area contributed by atoms with Crippen LogP contribution in [0.3, 0.4) is 0 Å². The maximum absolute atomic E-state index is 5.15. The number of rotatable bonds is 4. The second kappa shape index (κ2) is 13.3. The van der Waals surface area contributed by atoms with Crippen molar-refractivity contribution in [3.8, 4) is 51.0 Å². The van der Waals surface area contributed by atoms with E-state index in [-0.39, 0.29) is 0 Å². The van der Waals surface area contributed by atoms with Crippen LogP contribution in [-0.2, 0) is 11.8 Å². The smallest absolute Gasteiger partial charge is 0.164 e. The van der Waals surface area contributed by atoms with E-state index < -0.39 is 5.41 Å². The topological polar surface area (TPSA) is 43.6 Å². The highest BCUT2D eigenvalue weighted by molar-refractivity contribution is 7.99. The van der Waals surface area contributed by atoms with Gasteiger partial charge < -0.3 is 4.57 Å². The summed E-state index contributed by atoms with van der Waals surface area (Å²) in [5, 5.41) is 2.62. The van der Waals surface area contributed by atoms with E-state index in [1.54, 1.807) is 0 Å². The molecule has 3 aliphatic rings. The van der Waals surface area contributed by atoms with E-state index >= 15 is 0 Å². The fraction of sp³-hybridized carbons (Fsp3) is 0.0536. The summed E-state index contributed by atoms with van der Waals surface area (Å²) in [6.07, 6.45) is 6.66. The van der Waals surface area contributed by atoms with Gasteiger partial charge in [0.25, 0.3) is 0 Å². The molecule has 13 rings (SSSR count). The van der Waals surface area contributed by atoms with Crippen LogP contribution in [-0.4, -0.2) is 19.5 Å². The van der Waals surface area contributed by atoms with Crippen LogP contribution in [0.15, 0.2) is 198 Å². The van der Waals surface area contributed by atoms with Crippen LogP contribution in [0.1, 0.15) is 39.8 Å². The van der Waals surface area contributed by atoms with E-state index in [0.717, 1.165) is 35.2 Å². The first kappa shape index (κ1) is 34.5. The van der Waals surface area contributed by atoms with Crippen molar-refractivity contribution in [3.05, 3.63) is 221 Å². The van der Waals surface area contributed by atoms with Gasteiger partial charge in [0.15, 0.2) is 17.5 Å². The standard InChI is InChI=1S/C56H36N4S/c1-3-17-36(18-4-1)53-57-54(37-19-5-2-6-20-37)59-55(58-53)38-21-15-22-39(34-38)60-48-33-30-35-16-7-8-23-40(35)50(48)43-31-32-47-52(51(43)60)61-49-29-14-13-28-46(49)56(47)44-26-11-9-24-41(44)42-25-10-12-27-45(42)56/h1-7,9-22,24-34H,8,23H2. The minimum absolute atomic E-state index is 0.476. The molecule has 0 bridgehead atoms. The lowest BCUT2D eigenvalue weighted by atomic mass is 9.67. The van der Waals surface area contributed by atoms with Gasteiger partial charge in [-0.2, -0.15) is 0 Å². The van der Waals surface area contributed by atoms with E-state index in [1.165, 1.54) is 76.1 Å². The van der Waals surface area contributed by atoms with Gasteiger partial charge in [-0.15, -0.1) is 0 Å². The van der Waals surface area contributed by atoms with Gasteiger partial charge in [-0.3, -0.25) is 0 Å². The quantitative estimate of drug-likeness (QED) is 0.178. The third kappa shape index (κ3) is 4.98. The van der Waals surface area contributed by atoms with E-state index in [1.807, 2.05) is 48.2 Å². The molecule has 4 nitrogen and oxygen atoms in total. The molecule has 61 heavy (non-hydrogen) atoms. The molecule has 10 aromatic rings. The van der Waals surface area contributed by atoms with Crippen molar-refractivity contribution in [2.45, 2.75) is 28.0 Å². The van der Waals surface area contributed by atoms with Crippen LogP contribution in [0, 0.1) is 0 Å². The van der Waals surface area contributed by atoms with Crippen LogP contribution >= 0.6 is 11.8 Å². The number of hydrogen-bond donors (Lipinski definition) is 0. The predicted octanol–water partition coefficient (Wildman–Crippen LogP) is 13.8. The summed E-state index contributed by atoms with van der Waals surface area (Å²) >= 11 is 1.92. The summed E-state index contributed by atoms with van der Waals surface area (Å²) in [5.74, 6) is 1.94. The number of aromatic nitrogens is 4. The van der Waals surface area contributed by atoms with Crippen molar-refractivity contribution in [3.63, 3.8) is 0 Å². The van der Waals surface area contributed by atoms with E-state index in [9.17, 15) is 0 Å². The van der Waals surface area contributed by atoms with Gasteiger partial charge in [-0.25, -0.2) is 15.0 Å². The lowest BCUT2D eigenvalue weighted by Crippen LogP contribution is -2.32. The molecule has 0 fully saturated rings. The zero-order chi connectivity index (χ0) is 40.1. The Bertz CT molecular complexity index is 3350. The van der Waals surface area contributed by atoms with Crippen LogP contribution in [0.25, 0.3) is 78.9 Å². The fourth-order valence-electron chi connectivity index (χ4n) is 10.4. The van der Waals surface area contributed by atoms with Gasteiger partial charge >= 0.3 is 0 Å². The lowest BCUT2D eigenvalue weighted by molar-refractivity contribution is 0.724. The Hall–Kier alpha value is -7.34. The average molecular weight is 797 g/mol. The first-order valence-electron chi connectivity index (χ1n) is 21.0. The Morgan fingerprint density at radius 3 is 1.82 bits per heavy atom. The second-order valence-electron chi connectivity index (χ2n) is 16.2. The number of fused-ring (bicyclic) bond motifs is 15. The van der Waals surface area contributed by atoms with Crippen molar-refractivity contribution in [1.82, 2.24) is 19.5 Å². The van der Waals surface area contributed by atoms with E-state index in [0.29, 0.717) is 17.5 Å². The minimum atomic E-state index is -0.476. The summed E-state index contributed by atoms with van der Waals surface area (Å²) in [5.41, 5.74) is 16.6. The van der Waals surface area contributed by atoms with Crippen molar-refractivity contribution < 1.29 is 0 Å². The third-order valence-electron chi connectivity index (χ3n) is 13.0. The summed E-state index contributed by atoms with van der Waals surface area (Å²) in [6.45, 7) is 0. The molecule has 1 spiro atoms. The summed E-state index contributed by atoms with van der Waals surface area (Å²) in [4.78, 5) is 17.9. The van der Waals surface area contributed by atoms with Crippen LogP contribution in [0.4, 0.5) is 0 Å². The van der Waals surface area contributed by atoms with E-state index in [2.05, 4.69) is 162 Å². The Morgan fingerprint density at radius 2 is 1.11 bits per heavy atom. The first-order valence-corrected chi connectivity index (χ1v) is 21.8. The van der Waals surface area contributed by atoms with Crippen LogP contribution in [0.5, 0.6) is 0 Å². The molecule has 0 unspecified atom stereocenters. The summed E-state index contributed by atoms with van der Waals surface area (Å²) in [6, 6.07) is 66.0. The van der Waals surface area contributed by atoms with Crippen molar-refractivity contribution in [2.24, 2.45) is 0 Å². The van der Waals surface area contributed by atoms with E-state index in [4.69, 9.17) is 15.0 Å². The Labute approximate surface area is 358 Å². The summed E-state index contributed by atoms with van der Waals surface area (Å²) < 4.78 is 2.53. The summed E-state index contributed by atoms with van der Waals surface area (Å²) in [7, 11) is 0. The Balaban J connectivity index is 1.11. The largest absolute Gasteiger partial charge is 0.308 e. The molecule has 0 radical (unpaired) electrons. The maximum Gasteiger partial charge on any atom is 0.164 e. The molecular formula is C56H36N4S. The van der Waals surface area contributed by atoms with Crippen molar-refractivity contribution >= 4 is 39.6 Å². The molecule has 8 aromatic carbocycles. The van der Waals surface area contributed by atoms with Gasteiger partial charge in [0.1, 0.15) is 0 Å². The lowest BCUT2D eigenvalue weighted by Gasteiger charge is -2.40. The van der Waals surface area contributed by atoms with Gasteiger partial charge in [0.2, 0.25) is 0 Å². The zero-order valence-corrected chi connectivity index (χ0v) is 33.9. The highest BCUT2D eigenvalue weighted by atomic mass is 32.2. The van der Waals surface area contributed by atoms with Gasteiger partial charge in [0, 0.05) is 42.9 Å². The highest BCUT2D eigenvalue weighted by Crippen LogP contribution is 2.63. The average Bonchev–Trinajstić information content (AvgIpc) is 3.84. The molecule has 0 saturated carbocycles.